The van der Waals surface area contributed by atoms with Crippen LogP contribution in [0.4, 0.5) is 0 Å². The maximum atomic E-state index is 4.71. The summed E-state index contributed by atoms with van der Waals surface area (Å²) in [5.74, 6) is 0. The van der Waals surface area contributed by atoms with Crippen LogP contribution in [0, 0.1) is 0 Å². The van der Waals surface area contributed by atoms with Gasteiger partial charge in [-0.15, -0.1) is 22.7 Å². The van der Waals surface area contributed by atoms with Crippen LogP contribution in [-0.4, -0.2) is 4.98 Å². The molecule has 0 aliphatic carbocycles. The average molecular weight is 288 g/mol. The van der Waals surface area contributed by atoms with Crippen molar-refractivity contribution in [2.75, 3.05) is 0 Å². The fourth-order valence-corrected chi connectivity index (χ4v) is 3.86. The van der Waals surface area contributed by atoms with Gasteiger partial charge in [-0.3, -0.25) is 0 Å². The van der Waals surface area contributed by atoms with E-state index in [1.54, 1.807) is 22.7 Å². The summed E-state index contributed by atoms with van der Waals surface area (Å²) in [7, 11) is 0. The highest BCUT2D eigenvalue weighted by atomic mass is 32.1. The van der Waals surface area contributed by atoms with Crippen LogP contribution in [0.2, 0.25) is 0 Å². The van der Waals surface area contributed by atoms with Crippen molar-refractivity contribution in [3.05, 3.63) is 51.7 Å². The number of thiazole rings is 1. The largest absolute Gasteiger partial charge is 0.301 e. The molecular formula is C15H16N2S2. The summed E-state index contributed by atoms with van der Waals surface area (Å²) in [6.45, 7) is 4.39. The number of hydrogen-bond donors (Lipinski definition) is 1. The third-order valence-corrected chi connectivity index (χ3v) is 5.42. The molecule has 0 amide bonds. The van der Waals surface area contributed by atoms with E-state index in [4.69, 9.17) is 4.98 Å². The number of nitrogens with zero attached hydrogens (tertiary/aromatic N) is 1. The van der Waals surface area contributed by atoms with E-state index in [0.717, 1.165) is 10.5 Å². The van der Waals surface area contributed by atoms with Crippen molar-refractivity contribution in [3.8, 4) is 0 Å². The summed E-state index contributed by atoms with van der Waals surface area (Å²) in [5, 5.41) is 6.90. The van der Waals surface area contributed by atoms with Crippen LogP contribution in [0.25, 0.3) is 10.2 Å². The van der Waals surface area contributed by atoms with Crippen molar-refractivity contribution in [2.45, 2.75) is 25.9 Å². The molecule has 0 saturated heterocycles. The van der Waals surface area contributed by atoms with Gasteiger partial charge in [-0.05, 0) is 37.4 Å². The molecule has 19 heavy (non-hydrogen) atoms. The quantitative estimate of drug-likeness (QED) is 0.748. The lowest BCUT2D eigenvalue weighted by atomic mass is 10.2. The number of para-hydroxylation sites is 1. The molecule has 0 spiro atoms. The lowest BCUT2D eigenvalue weighted by molar-refractivity contribution is 0.499. The lowest BCUT2D eigenvalue weighted by Crippen LogP contribution is -2.21. The standard InChI is InChI=1S/C15H16N2S2/c1-10(13-8-5-9-18-13)16-11(2)15-17-12-6-3-4-7-14(12)19-15/h3-11,16H,1-2H3/t10-,11?/m0/s1. The number of nitrogens with one attached hydrogen (secondary N) is 1. The predicted molar refractivity (Wildman–Crippen MR) is 83.9 cm³/mol. The maximum Gasteiger partial charge on any atom is 0.111 e. The fraction of sp³-hybridized carbons (Fsp3) is 0.267. The van der Waals surface area contributed by atoms with Crippen molar-refractivity contribution >= 4 is 32.9 Å². The predicted octanol–water partition coefficient (Wildman–Crippen LogP) is 4.77. The molecule has 3 aromatic rings. The third-order valence-electron chi connectivity index (χ3n) is 3.15. The minimum absolute atomic E-state index is 0.273. The molecule has 2 aromatic heterocycles. The Morgan fingerprint density at radius 2 is 1.89 bits per heavy atom. The van der Waals surface area contributed by atoms with Crippen LogP contribution in [0.1, 0.15) is 35.8 Å². The normalized spacial score (nSPS) is 14.6. The summed E-state index contributed by atoms with van der Waals surface area (Å²) in [6, 6.07) is 13.2. The zero-order chi connectivity index (χ0) is 13.2. The molecule has 2 atom stereocenters. The molecule has 0 aliphatic rings. The smallest absolute Gasteiger partial charge is 0.111 e. The Morgan fingerprint density at radius 3 is 2.63 bits per heavy atom. The van der Waals surface area contributed by atoms with E-state index in [-0.39, 0.29) is 6.04 Å². The van der Waals surface area contributed by atoms with Crippen LogP contribution in [0.3, 0.4) is 0 Å². The molecule has 0 aliphatic heterocycles. The van der Waals surface area contributed by atoms with Crippen LogP contribution >= 0.6 is 22.7 Å². The summed E-state index contributed by atoms with van der Waals surface area (Å²) < 4.78 is 1.26. The van der Waals surface area contributed by atoms with Gasteiger partial charge in [-0.1, -0.05) is 18.2 Å². The van der Waals surface area contributed by atoms with Gasteiger partial charge in [0, 0.05) is 10.9 Å². The van der Waals surface area contributed by atoms with Gasteiger partial charge in [0.15, 0.2) is 0 Å². The highest BCUT2D eigenvalue weighted by Gasteiger charge is 2.15. The first-order valence-electron chi connectivity index (χ1n) is 6.39. The summed E-state index contributed by atoms with van der Waals surface area (Å²) >= 11 is 3.57. The minimum Gasteiger partial charge on any atom is -0.301 e. The van der Waals surface area contributed by atoms with Gasteiger partial charge in [0.1, 0.15) is 5.01 Å². The molecule has 2 nitrogen and oxygen atoms in total. The number of fused-ring (bicyclic) bond motifs is 1. The zero-order valence-electron chi connectivity index (χ0n) is 11.0. The molecule has 1 unspecified atom stereocenters. The Bertz CT molecular complexity index is 625. The van der Waals surface area contributed by atoms with Gasteiger partial charge in [-0.25, -0.2) is 4.98 Å². The Balaban J connectivity index is 1.78. The van der Waals surface area contributed by atoms with Crippen LogP contribution < -0.4 is 5.32 Å². The number of rotatable bonds is 4. The fourth-order valence-electron chi connectivity index (χ4n) is 2.14. The zero-order valence-corrected chi connectivity index (χ0v) is 12.6. The van der Waals surface area contributed by atoms with Gasteiger partial charge in [0.2, 0.25) is 0 Å². The highest BCUT2D eigenvalue weighted by Crippen LogP contribution is 2.28. The topological polar surface area (TPSA) is 24.9 Å². The van der Waals surface area contributed by atoms with E-state index in [1.165, 1.54) is 9.58 Å². The van der Waals surface area contributed by atoms with Crippen LogP contribution in [0.15, 0.2) is 41.8 Å². The second-order valence-corrected chi connectivity index (χ2v) is 6.69. The molecular weight excluding hydrogens is 272 g/mol. The van der Waals surface area contributed by atoms with E-state index < -0.39 is 0 Å². The summed E-state index contributed by atoms with van der Waals surface area (Å²) in [4.78, 5) is 6.07. The van der Waals surface area contributed by atoms with Gasteiger partial charge >= 0.3 is 0 Å². The van der Waals surface area contributed by atoms with Crippen molar-refractivity contribution in [3.63, 3.8) is 0 Å². The number of hydrogen-bond acceptors (Lipinski definition) is 4. The van der Waals surface area contributed by atoms with E-state index in [9.17, 15) is 0 Å². The SMILES string of the molecule is CC(N[C@@H](C)c1cccs1)c1nc2ccccc2s1. The number of aromatic nitrogens is 1. The second kappa shape index (κ2) is 5.41. The van der Waals surface area contributed by atoms with Crippen molar-refractivity contribution in [2.24, 2.45) is 0 Å². The van der Waals surface area contributed by atoms with Crippen molar-refractivity contribution in [1.29, 1.82) is 0 Å². The molecule has 0 saturated carbocycles. The van der Waals surface area contributed by atoms with E-state index >= 15 is 0 Å². The molecule has 3 rings (SSSR count). The van der Waals surface area contributed by atoms with Gasteiger partial charge in [0.05, 0.1) is 16.3 Å². The first-order valence-corrected chi connectivity index (χ1v) is 8.08. The Hall–Kier alpha value is -1.23. The summed E-state index contributed by atoms with van der Waals surface area (Å²) in [5.41, 5.74) is 1.10. The van der Waals surface area contributed by atoms with Gasteiger partial charge in [-0.2, -0.15) is 0 Å². The van der Waals surface area contributed by atoms with E-state index in [2.05, 4.69) is 54.9 Å². The maximum absolute atomic E-state index is 4.71. The van der Waals surface area contributed by atoms with Gasteiger partial charge in [0.25, 0.3) is 0 Å². The molecule has 4 heteroatoms. The minimum atomic E-state index is 0.273. The molecule has 0 fully saturated rings. The highest BCUT2D eigenvalue weighted by molar-refractivity contribution is 7.18. The second-order valence-electron chi connectivity index (χ2n) is 4.65. The Kier molecular flexibility index (Phi) is 3.64. The van der Waals surface area contributed by atoms with E-state index in [0.29, 0.717) is 6.04 Å². The molecule has 0 radical (unpaired) electrons. The molecule has 2 heterocycles. The lowest BCUT2D eigenvalue weighted by Gasteiger charge is -2.17. The molecule has 1 aromatic carbocycles. The monoisotopic (exact) mass is 288 g/mol. The molecule has 1 N–H and O–H groups in total. The number of thiophene rings is 1. The van der Waals surface area contributed by atoms with E-state index in [1.807, 2.05) is 6.07 Å². The Morgan fingerprint density at radius 1 is 1.05 bits per heavy atom. The van der Waals surface area contributed by atoms with Crippen molar-refractivity contribution < 1.29 is 0 Å². The first kappa shape index (κ1) is 12.8. The third kappa shape index (κ3) is 2.71. The average Bonchev–Trinajstić information content (AvgIpc) is 3.07. The van der Waals surface area contributed by atoms with Crippen LogP contribution in [0.5, 0.6) is 0 Å². The molecule has 98 valence electrons. The van der Waals surface area contributed by atoms with Crippen molar-refractivity contribution in [1.82, 2.24) is 10.3 Å². The first-order chi connectivity index (χ1) is 9.24. The summed E-state index contributed by atoms with van der Waals surface area (Å²) in [6.07, 6.45) is 0. The molecule has 0 bridgehead atoms. The Labute approximate surface area is 121 Å². The van der Waals surface area contributed by atoms with Gasteiger partial charge < -0.3 is 5.32 Å². The van der Waals surface area contributed by atoms with Crippen LogP contribution in [-0.2, 0) is 0 Å². The number of benzene rings is 1.